The summed E-state index contributed by atoms with van der Waals surface area (Å²) in [6.45, 7) is 6.22. The molecule has 6 nitrogen and oxygen atoms in total. The van der Waals surface area contributed by atoms with Crippen molar-refractivity contribution < 1.29 is 9.59 Å². The van der Waals surface area contributed by atoms with E-state index in [1.165, 1.54) is 29.4 Å². The molecule has 24 heavy (non-hydrogen) atoms. The van der Waals surface area contributed by atoms with Crippen molar-refractivity contribution in [2.45, 2.75) is 27.2 Å². The number of carbonyl (C=O) groups is 2. The lowest BCUT2D eigenvalue weighted by atomic mass is 10.1. The number of urea groups is 1. The van der Waals surface area contributed by atoms with Crippen molar-refractivity contribution in [2.24, 2.45) is 0 Å². The van der Waals surface area contributed by atoms with Crippen LogP contribution in [0.5, 0.6) is 0 Å². The maximum Gasteiger partial charge on any atom is 0.321 e. The van der Waals surface area contributed by atoms with Gasteiger partial charge in [0.15, 0.2) is 5.13 Å². The van der Waals surface area contributed by atoms with Crippen molar-refractivity contribution in [3.63, 3.8) is 0 Å². The molecule has 0 aliphatic carbocycles. The highest BCUT2D eigenvalue weighted by Gasteiger charge is 2.11. The van der Waals surface area contributed by atoms with Crippen LogP contribution >= 0.6 is 11.3 Å². The quantitative estimate of drug-likeness (QED) is 0.703. The average Bonchev–Trinajstić information content (AvgIpc) is 2.83. The summed E-state index contributed by atoms with van der Waals surface area (Å²) in [5.74, 6) is -0.117. The van der Waals surface area contributed by atoms with Crippen molar-refractivity contribution in [3.8, 4) is 0 Å². The Kier molecular flexibility index (Phi) is 6.31. The van der Waals surface area contributed by atoms with Gasteiger partial charge in [-0.15, -0.1) is 11.3 Å². The Labute approximate surface area is 145 Å². The van der Waals surface area contributed by atoms with Gasteiger partial charge in [0, 0.05) is 31.3 Å². The molecule has 3 N–H and O–H groups in total. The zero-order valence-electron chi connectivity index (χ0n) is 14.1. The van der Waals surface area contributed by atoms with Crippen LogP contribution in [0.15, 0.2) is 24.3 Å². The third-order valence-electron chi connectivity index (χ3n) is 3.34. The maximum absolute atomic E-state index is 11.8. The minimum atomic E-state index is -0.323. The number of thiazole rings is 1. The molecule has 3 amide bonds. The summed E-state index contributed by atoms with van der Waals surface area (Å²) in [6, 6.07) is 8.04. The van der Waals surface area contributed by atoms with Gasteiger partial charge in [-0.2, -0.15) is 0 Å². The molecule has 1 aromatic heterocycles. The average molecular weight is 346 g/mol. The molecule has 0 unspecified atom stereocenters. The summed E-state index contributed by atoms with van der Waals surface area (Å²) in [5.41, 5.74) is 3.38. The number of anilines is 1. The number of hydrogen-bond donors (Lipinski definition) is 3. The van der Waals surface area contributed by atoms with Crippen LogP contribution in [0.1, 0.15) is 28.6 Å². The summed E-state index contributed by atoms with van der Waals surface area (Å²) in [5, 5.41) is 8.60. The van der Waals surface area contributed by atoms with Crippen LogP contribution in [0, 0.1) is 13.8 Å². The number of rotatable bonds is 6. The number of benzene rings is 1. The highest BCUT2D eigenvalue weighted by Crippen LogP contribution is 2.25. The fourth-order valence-corrected chi connectivity index (χ4v) is 3.20. The van der Waals surface area contributed by atoms with Gasteiger partial charge in [-0.05, 0) is 19.4 Å². The Balaban J connectivity index is 1.89. The first kappa shape index (κ1) is 17.9. The number of amides is 3. The van der Waals surface area contributed by atoms with E-state index in [1.807, 2.05) is 13.0 Å². The van der Waals surface area contributed by atoms with E-state index in [0.29, 0.717) is 18.2 Å². The molecule has 7 heteroatoms. The third kappa shape index (κ3) is 5.66. The molecule has 2 aromatic rings. The number of carbonyl (C=O) groups excluding carboxylic acids is 2. The Morgan fingerprint density at radius 3 is 2.62 bits per heavy atom. The maximum atomic E-state index is 11.8. The SMILES string of the molecule is CC(=O)NCCNC(=O)Nc1nc(C)c(Cc2cccc(C)c2)s1. The monoisotopic (exact) mass is 346 g/mol. The summed E-state index contributed by atoms with van der Waals surface area (Å²) in [6.07, 6.45) is 0.803. The summed E-state index contributed by atoms with van der Waals surface area (Å²) >= 11 is 1.48. The molecule has 0 fully saturated rings. The molecule has 1 aromatic carbocycles. The van der Waals surface area contributed by atoms with Crippen molar-refractivity contribution >= 4 is 28.4 Å². The van der Waals surface area contributed by atoms with Crippen molar-refractivity contribution in [1.82, 2.24) is 15.6 Å². The van der Waals surface area contributed by atoms with Gasteiger partial charge in [0.2, 0.25) is 5.91 Å². The number of hydrogen-bond acceptors (Lipinski definition) is 4. The van der Waals surface area contributed by atoms with Crippen molar-refractivity contribution in [2.75, 3.05) is 18.4 Å². The van der Waals surface area contributed by atoms with E-state index in [4.69, 9.17) is 0 Å². The van der Waals surface area contributed by atoms with Crippen LogP contribution in [0.3, 0.4) is 0 Å². The molecule has 0 spiro atoms. The minimum Gasteiger partial charge on any atom is -0.355 e. The van der Waals surface area contributed by atoms with Gasteiger partial charge < -0.3 is 10.6 Å². The van der Waals surface area contributed by atoms with E-state index in [1.54, 1.807) is 0 Å². The summed E-state index contributed by atoms with van der Waals surface area (Å²) in [4.78, 5) is 28.1. The lowest BCUT2D eigenvalue weighted by Crippen LogP contribution is -2.36. The van der Waals surface area contributed by atoms with Gasteiger partial charge in [-0.1, -0.05) is 29.8 Å². The van der Waals surface area contributed by atoms with E-state index >= 15 is 0 Å². The van der Waals surface area contributed by atoms with Crippen LogP contribution < -0.4 is 16.0 Å². The molecule has 0 atom stereocenters. The molecule has 0 bridgehead atoms. The second-order valence-electron chi connectivity index (χ2n) is 5.56. The molecule has 1 heterocycles. The second-order valence-corrected chi connectivity index (χ2v) is 6.64. The smallest absolute Gasteiger partial charge is 0.321 e. The Morgan fingerprint density at radius 2 is 1.92 bits per heavy atom. The molecular formula is C17H22N4O2S. The van der Waals surface area contributed by atoms with E-state index in [0.717, 1.165) is 17.0 Å². The van der Waals surface area contributed by atoms with E-state index in [-0.39, 0.29) is 11.9 Å². The first-order chi connectivity index (χ1) is 11.4. The highest BCUT2D eigenvalue weighted by atomic mass is 32.1. The van der Waals surface area contributed by atoms with Crippen LogP contribution in [0.2, 0.25) is 0 Å². The normalized spacial score (nSPS) is 10.3. The zero-order valence-corrected chi connectivity index (χ0v) is 14.9. The topological polar surface area (TPSA) is 83.1 Å². The van der Waals surface area contributed by atoms with E-state index in [9.17, 15) is 9.59 Å². The van der Waals surface area contributed by atoms with Gasteiger partial charge in [-0.25, -0.2) is 9.78 Å². The molecule has 0 saturated carbocycles. The van der Waals surface area contributed by atoms with Crippen molar-refractivity contribution in [3.05, 3.63) is 46.0 Å². The van der Waals surface area contributed by atoms with Gasteiger partial charge in [-0.3, -0.25) is 10.1 Å². The molecule has 128 valence electrons. The lowest BCUT2D eigenvalue weighted by molar-refractivity contribution is -0.118. The Hall–Kier alpha value is -2.41. The first-order valence-corrected chi connectivity index (χ1v) is 8.57. The Morgan fingerprint density at radius 1 is 1.17 bits per heavy atom. The van der Waals surface area contributed by atoms with Crippen molar-refractivity contribution in [1.29, 1.82) is 0 Å². The first-order valence-electron chi connectivity index (χ1n) is 7.75. The predicted octanol–water partition coefficient (Wildman–Crippen LogP) is 2.61. The van der Waals surface area contributed by atoms with Crippen LogP contribution in [0.25, 0.3) is 0 Å². The standard InChI is InChI=1S/C17H22N4O2S/c1-11-5-4-6-14(9-11)10-15-12(2)20-17(24-15)21-16(23)19-8-7-18-13(3)22/h4-6,9H,7-8,10H2,1-3H3,(H,18,22)(H2,19,20,21,23). The lowest BCUT2D eigenvalue weighted by Gasteiger charge is -2.05. The van der Waals surface area contributed by atoms with Gasteiger partial charge in [0.1, 0.15) is 0 Å². The van der Waals surface area contributed by atoms with E-state index in [2.05, 4.69) is 46.1 Å². The van der Waals surface area contributed by atoms with Crippen LogP contribution in [0.4, 0.5) is 9.93 Å². The number of nitrogens with zero attached hydrogens (tertiary/aromatic N) is 1. The molecular weight excluding hydrogens is 324 g/mol. The fraction of sp³-hybridized carbons (Fsp3) is 0.353. The van der Waals surface area contributed by atoms with Crippen LogP contribution in [-0.4, -0.2) is 30.0 Å². The zero-order chi connectivity index (χ0) is 17.5. The number of aryl methyl sites for hydroxylation is 2. The van der Waals surface area contributed by atoms with E-state index < -0.39 is 0 Å². The molecule has 0 aliphatic heterocycles. The molecule has 0 radical (unpaired) electrons. The summed E-state index contributed by atoms with van der Waals surface area (Å²) < 4.78 is 0. The molecule has 0 aliphatic rings. The largest absolute Gasteiger partial charge is 0.355 e. The Bertz CT molecular complexity index is 727. The van der Waals surface area contributed by atoms with Gasteiger partial charge >= 0.3 is 6.03 Å². The third-order valence-corrected chi connectivity index (χ3v) is 4.42. The van der Waals surface area contributed by atoms with Gasteiger partial charge in [0.05, 0.1) is 5.69 Å². The number of aromatic nitrogens is 1. The second kappa shape index (κ2) is 8.44. The van der Waals surface area contributed by atoms with Crippen LogP contribution in [-0.2, 0) is 11.2 Å². The fourth-order valence-electron chi connectivity index (χ4n) is 2.21. The number of nitrogens with one attached hydrogen (secondary N) is 3. The molecule has 0 saturated heterocycles. The minimum absolute atomic E-state index is 0.117. The predicted molar refractivity (Wildman–Crippen MR) is 96.5 cm³/mol. The molecule has 2 rings (SSSR count). The summed E-state index contributed by atoms with van der Waals surface area (Å²) in [7, 11) is 0. The highest BCUT2D eigenvalue weighted by molar-refractivity contribution is 7.15. The van der Waals surface area contributed by atoms with Gasteiger partial charge in [0.25, 0.3) is 0 Å².